The predicted octanol–water partition coefficient (Wildman–Crippen LogP) is 5.17. The SMILES string of the molecule is Fc1ccccc1COC(CI)c1ccccc1Cl. The summed E-state index contributed by atoms with van der Waals surface area (Å²) in [7, 11) is 0. The quantitative estimate of drug-likeness (QED) is 0.505. The number of alkyl halides is 1. The van der Waals surface area contributed by atoms with Gasteiger partial charge in [0.2, 0.25) is 0 Å². The number of ether oxygens (including phenoxy) is 1. The maximum absolute atomic E-state index is 13.5. The molecule has 4 heteroatoms. The fraction of sp³-hybridized carbons (Fsp3) is 0.200. The lowest BCUT2D eigenvalue weighted by atomic mass is 10.1. The van der Waals surface area contributed by atoms with Crippen LogP contribution in [-0.4, -0.2) is 4.43 Å². The van der Waals surface area contributed by atoms with E-state index in [4.69, 9.17) is 16.3 Å². The van der Waals surface area contributed by atoms with Crippen LogP contribution in [0.3, 0.4) is 0 Å². The molecule has 0 bridgehead atoms. The van der Waals surface area contributed by atoms with E-state index in [1.807, 2.05) is 24.3 Å². The third-order valence-corrected chi connectivity index (χ3v) is 3.93. The van der Waals surface area contributed by atoms with Crippen molar-refractivity contribution in [2.45, 2.75) is 12.7 Å². The molecule has 1 nitrogen and oxygen atoms in total. The second kappa shape index (κ2) is 7.22. The third-order valence-electron chi connectivity index (χ3n) is 2.79. The van der Waals surface area contributed by atoms with Gasteiger partial charge in [0.05, 0.1) is 12.7 Å². The van der Waals surface area contributed by atoms with Gasteiger partial charge in [-0.15, -0.1) is 0 Å². The highest BCUT2D eigenvalue weighted by Crippen LogP contribution is 2.28. The van der Waals surface area contributed by atoms with Gasteiger partial charge in [-0.1, -0.05) is 70.6 Å². The molecular formula is C15H13ClFIO. The molecule has 0 aliphatic carbocycles. The van der Waals surface area contributed by atoms with E-state index in [2.05, 4.69) is 22.6 Å². The fourth-order valence-electron chi connectivity index (χ4n) is 1.76. The van der Waals surface area contributed by atoms with Crippen molar-refractivity contribution in [2.75, 3.05) is 4.43 Å². The van der Waals surface area contributed by atoms with Crippen molar-refractivity contribution in [3.05, 3.63) is 70.5 Å². The van der Waals surface area contributed by atoms with Gasteiger partial charge in [0, 0.05) is 20.6 Å². The third kappa shape index (κ3) is 3.91. The molecule has 0 saturated carbocycles. The molecule has 0 aliphatic rings. The molecule has 0 saturated heterocycles. The first-order valence-electron chi connectivity index (χ1n) is 5.87. The zero-order chi connectivity index (χ0) is 13.7. The van der Waals surface area contributed by atoms with Crippen molar-refractivity contribution in [3.63, 3.8) is 0 Å². The Morgan fingerprint density at radius 1 is 1.11 bits per heavy atom. The van der Waals surface area contributed by atoms with Gasteiger partial charge < -0.3 is 4.74 Å². The second-order valence-electron chi connectivity index (χ2n) is 4.07. The van der Waals surface area contributed by atoms with E-state index in [-0.39, 0.29) is 18.5 Å². The van der Waals surface area contributed by atoms with E-state index >= 15 is 0 Å². The van der Waals surface area contributed by atoms with Gasteiger partial charge in [0.1, 0.15) is 5.82 Å². The highest BCUT2D eigenvalue weighted by Gasteiger charge is 2.14. The maximum Gasteiger partial charge on any atom is 0.128 e. The lowest BCUT2D eigenvalue weighted by Gasteiger charge is -2.17. The first-order chi connectivity index (χ1) is 9.22. The minimum absolute atomic E-state index is 0.131. The molecule has 0 radical (unpaired) electrons. The molecule has 2 aromatic rings. The Kier molecular flexibility index (Phi) is 5.60. The summed E-state index contributed by atoms with van der Waals surface area (Å²) in [6.07, 6.45) is -0.131. The van der Waals surface area contributed by atoms with Gasteiger partial charge in [0.15, 0.2) is 0 Å². The molecule has 1 unspecified atom stereocenters. The summed E-state index contributed by atoms with van der Waals surface area (Å²) in [5.74, 6) is -0.242. The van der Waals surface area contributed by atoms with Crippen LogP contribution in [-0.2, 0) is 11.3 Å². The Morgan fingerprint density at radius 2 is 1.79 bits per heavy atom. The summed E-state index contributed by atoms with van der Waals surface area (Å²) >= 11 is 8.40. The average Bonchev–Trinajstić information content (AvgIpc) is 2.43. The van der Waals surface area contributed by atoms with Crippen LogP contribution in [0.5, 0.6) is 0 Å². The number of benzene rings is 2. The van der Waals surface area contributed by atoms with E-state index in [0.29, 0.717) is 10.6 Å². The molecule has 0 N–H and O–H groups in total. The predicted molar refractivity (Wildman–Crippen MR) is 84.3 cm³/mol. The lowest BCUT2D eigenvalue weighted by Crippen LogP contribution is -2.07. The Bertz CT molecular complexity index is 547. The highest BCUT2D eigenvalue weighted by molar-refractivity contribution is 14.1. The highest BCUT2D eigenvalue weighted by atomic mass is 127. The first kappa shape index (κ1) is 14.8. The maximum atomic E-state index is 13.5. The summed E-state index contributed by atoms with van der Waals surface area (Å²) < 4.78 is 20.1. The summed E-state index contributed by atoms with van der Waals surface area (Å²) in [5.41, 5.74) is 1.50. The van der Waals surface area contributed by atoms with Crippen LogP contribution in [0.15, 0.2) is 48.5 Å². The lowest BCUT2D eigenvalue weighted by molar-refractivity contribution is 0.0560. The van der Waals surface area contributed by atoms with Crippen LogP contribution >= 0.6 is 34.2 Å². The van der Waals surface area contributed by atoms with Gasteiger partial charge in [-0.25, -0.2) is 4.39 Å². The fourth-order valence-corrected chi connectivity index (χ4v) is 2.75. The minimum Gasteiger partial charge on any atom is -0.368 e. The molecule has 0 aliphatic heterocycles. The summed E-state index contributed by atoms with van der Waals surface area (Å²) in [6.45, 7) is 0.242. The summed E-state index contributed by atoms with van der Waals surface area (Å²) in [5, 5.41) is 0.678. The van der Waals surface area contributed by atoms with E-state index in [0.717, 1.165) is 9.99 Å². The molecular weight excluding hydrogens is 378 g/mol. The Labute approximate surface area is 130 Å². The number of rotatable bonds is 5. The molecule has 2 rings (SSSR count). The molecule has 0 fully saturated rings. The van der Waals surface area contributed by atoms with Crippen LogP contribution in [0.25, 0.3) is 0 Å². The largest absolute Gasteiger partial charge is 0.368 e. The zero-order valence-corrected chi connectivity index (χ0v) is 13.1. The minimum atomic E-state index is -0.242. The van der Waals surface area contributed by atoms with Crippen LogP contribution in [0.4, 0.5) is 4.39 Å². The topological polar surface area (TPSA) is 9.23 Å². The summed E-state index contributed by atoms with van der Waals surface area (Å²) in [6, 6.07) is 14.2. The van der Waals surface area contributed by atoms with Crippen LogP contribution in [0.2, 0.25) is 5.02 Å². The number of hydrogen-bond donors (Lipinski definition) is 0. The Balaban J connectivity index is 2.09. The van der Waals surface area contributed by atoms with E-state index in [1.165, 1.54) is 6.07 Å². The molecule has 1 atom stereocenters. The molecule has 0 spiro atoms. The number of halogens is 3. The van der Waals surface area contributed by atoms with E-state index in [1.54, 1.807) is 18.2 Å². The second-order valence-corrected chi connectivity index (χ2v) is 5.35. The zero-order valence-electron chi connectivity index (χ0n) is 10.2. The standard InChI is InChI=1S/C15H13ClFIO/c16-13-7-3-2-6-12(13)15(9-18)19-10-11-5-1-4-8-14(11)17/h1-8,15H,9-10H2. The molecule has 0 aromatic heterocycles. The van der Waals surface area contributed by atoms with Crippen LogP contribution in [0.1, 0.15) is 17.2 Å². The Hall–Kier alpha value is -0.650. The van der Waals surface area contributed by atoms with Crippen molar-refractivity contribution in [2.24, 2.45) is 0 Å². The molecule has 100 valence electrons. The molecule has 2 aromatic carbocycles. The van der Waals surface area contributed by atoms with Crippen LogP contribution in [0, 0.1) is 5.82 Å². The van der Waals surface area contributed by atoms with Gasteiger partial charge in [0.25, 0.3) is 0 Å². The van der Waals surface area contributed by atoms with Crippen molar-refractivity contribution >= 4 is 34.2 Å². The molecule has 0 amide bonds. The van der Waals surface area contributed by atoms with Crippen molar-refractivity contribution < 1.29 is 9.13 Å². The van der Waals surface area contributed by atoms with E-state index in [9.17, 15) is 4.39 Å². The van der Waals surface area contributed by atoms with Gasteiger partial charge in [-0.3, -0.25) is 0 Å². The van der Waals surface area contributed by atoms with Crippen LogP contribution < -0.4 is 0 Å². The van der Waals surface area contributed by atoms with E-state index < -0.39 is 0 Å². The number of hydrogen-bond acceptors (Lipinski definition) is 1. The average molecular weight is 391 g/mol. The van der Waals surface area contributed by atoms with Crippen molar-refractivity contribution in [3.8, 4) is 0 Å². The van der Waals surface area contributed by atoms with Gasteiger partial charge in [-0.05, 0) is 12.1 Å². The van der Waals surface area contributed by atoms with Crippen molar-refractivity contribution in [1.29, 1.82) is 0 Å². The molecule has 19 heavy (non-hydrogen) atoms. The summed E-state index contributed by atoms with van der Waals surface area (Å²) in [4.78, 5) is 0. The van der Waals surface area contributed by atoms with Gasteiger partial charge in [-0.2, -0.15) is 0 Å². The van der Waals surface area contributed by atoms with Crippen molar-refractivity contribution in [1.82, 2.24) is 0 Å². The molecule has 0 heterocycles. The first-order valence-corrected chi connectivity index (χ1v) is 7.78. The monoisotopic (exact) mass is 390 g/mol. The Morgan fingerprint density at radius 3 is 2.47 bits per heavy atom. The smallest absolute Gasteiger partial charge is 0.128 e. The van der Waals surface area contributed by atoms with Gasteiger partial charge >= 0.3 is 0 Å². The normalized spacial score (nSPS) is 12.4.